The average Bonchev–Trinajstić information content (AvgIpc) is 2.83. The summed E-state index contributed by atoms with van der Waals surface area (Å²) in [6.07, 6.45) is 1.10. The Labute approximate surface area is 137 Å². The van der Waals surface area contributed by atoms with Crippen LogP contribution in [0, 0.1) is 20.8 Å². The number of benzene rings is 1. The van der Waals surface area contributed by atoms with Gasteiger partial charge in [-0.2, -0.15) is 0 Å². The third kappa shape index (κ3) is 4.84. The number of carbonyl (C=O) groups excluding carboxylic acids is 1. The van der Waals surface area contributed by atoms with Gasteiger partial charge < -0.3 is 14.2 Å². The molecule has 2 rings (SSSR count). The SMILES string of the molecule is Cc1cccc(OCCN(C)C(=O)CCc2c(C)noc2C)c1. The molecule has 1 heterocycles. The van der Waals surface area contributed by atoms with E-state index in [9.17, 15) is 4.79 Å². The molecule has 1 amide bonds. The fraction of sp³-hybridized carbons (Fsp3) is 0.444. The van der Waals surface area contributed by atoms with Crippen molar-refractivity contribution >= 4 is 5.91 Å². The highest BCUT2D eigenvalue weighted by molar-refractivity contribution is 5.76. The first-order valence-corrected chi connectivity index (χ1v) is 7.82. The average molecular weight is 316 g/mol. The molecule has 0 aliphatic rings. The van der Waals surface area contributed by atoms with Gasteiger partial charge in [-0.05, 0) is 44.9 Å². The van der Waals surface area contributed by atoms with Crippen LogP contribution in [-0.4, -0.2) is 36.2 Å². The summed E-state index contributed by atoms with van der Waals surface area (Å²) in [5.74, 6) is 1.72. The summed E-state index contributed by atoms with van der Waals surface area (Å²) in [4.78, 5) is 13.9. The molecule has 0 fully saturated rings. The minimum absolute atomic E-state index is 0.0952. The third-order valence-electron chi connectivity index (χ3n) is 3.88. The van der Waals surface area contributed by atoms with Gasteiger partial charge >= 0.3 is 0 Å². The fourth-order valence-electron chi connectivity index (χ4n) is 2.41. The van der Waals surface area contributed by atoms with Gasteiger partial charge in [0.1, 0.15) is 18.1 Å². The monoisotopic (exact) mass is 316 g/mol. The van der Waals surface area contributed by atoms with E-state index in [0.717, 1.165) is 28.3 Å². The van der Waals surface area contributed by atoms with Crippen molar-refractivity contribution < 1.29 is 14.1 Å². The van der Waals surface area contributed by atoms with E-state index in [1.165, 1.54) is 0 Å². The molecule has 2 aromatic rings. The Balaban J connectivity index is 1.74. The highest BCUT2D eigenvalue weighted by Crippen LogP contribution is 2.15. The van der Waals surface area contributed by atoms with E-state index in [-0.39, 0.29) is 5.91 Å². The number of rotatable bonds is 7. The van der Waals surface area contributed by atoms with Gasteiger partial charge in [0.05, 0.1) is 12.2 Å². The zero-order valence-electron chi connectivity index (χ0n) is 14.3. The molecule has 0 saturated carbocycles. The van der Waals surface area contributed by atoms with Crippen molar-refractivity contribution in [2.45, 2.75) is 33.6 Å². The van der Waals surface area contributed by atoms with Crippen LogP contribution in [0.4, 0.5) is 0 Å². The number of nitrogens with zero attached hydrogens (tertiary/aromatic N) is 2. The first kappa shape index (κ1) is 17.1. The van der Waals surface area contributed by atoms with Crippen molar-refractivity contribution in [1.82, 2.24) is 10.1 Å². The molecule has 23 heavy (non-hydrogen) atoms. The van der Waals surface area contributed by atoms with Gasteiger partial charge in [-0.15, -0.1) is 0 Å². The number of amides is 1. The lowest BCUT2D eigenvalue weighted by Gasteiger charge is -2.17. The molecule has 124 valence electrons. The number of aryl methyl sites for hydroxylation is 3. The third-order valence-corrected chi connectivity index (χ3v) is 3.88. The number of likely N-dealkylation sites (N-methyl/N-ethyl adjacent to an activating group) is 1. The Hall–Kier alpha value is -2.30. The number of hydrogen-bond donors (Lipinski definition) is 0. The first-order chi connectivity index (χ1) is 11.0. The largest absolute Gasteiger partial charge is 0.492 e. The Kier molecular flexibility index (Phi) is 5.79. The lowest BCUT2D eigenvalue weighted by molar-refractivity contribution is -0.130. The van der Waals surface area contributed by atoms with Crippen LogP contribution in [0.1, 0.15) is 29.0 Å². The molecule has 0 aliphatic carbocycles. The fourth-order valence-corrected chi connectivity index (χ4v) is 2.41. The van der Waals surface area contributed by atoms with Crippen molar-refractivity contribution in [2.75, 3.05) is 20.2 Å². The lowest BCUT2D eigenvalue weighted by atomic mass is 10.1. The molecule has 5 heteroatoms. The Bertz CT molecular complexity index is 645. The summed E-state index contributed by atoms with van der Waals surface area (Å²) in [7, 11) is 1.80. The van der Waals surface area contributed by atoms with E-state index in [4.69, 9.17) is 9.26 Å². The molecule has 5 nitrogen and oxygen atoms in total. The zero-order chi connectivity index (χ0) is 16.8. The minimum atomic E-state index is 0.0952. The van der Waals surface area contributed by atoms with Crippen LogP contribution in [0.2, 0.25) is 0 Å². The smallest absolute Gasteiger partial charge is 0.222 e. The predicted molar refractivity (Wildman–Crippen MR) is 88.6 cm³/mol. The predicted octanol–water partition coefficient (Wildman–Crippen LogP) is 3.07. The summed E-state index contributed by atoms with van der Waals surface area (Å²) in [5.41, 5.74) is 3.05. The van der Waals surface area contributed by atoms with Gasteiger partial charge in [0.25, 0.3) is 0 Å². The van der Waals surface area contributed by atoms with Gasteiger partial charge in [0, 0.05) is 19.0 Å². The van der Waals surface area contributed by atoms with Crippen LogP contribution in [0.5, 0.6) is 5.75 Å². The van der Waals surface area contributed by atoms with Crippen molar-refractivity contribution in [3.63, 3.8) is 0 Å². The highest BCUT2D eigenvalue weighted by Gasteiger charge is 2.13. The molecule has 0 atom stereocenters. The summed E-state index contributed by atoms with van der Waals surface area (Å²) in [6, 6.07) is 7.89. The molecule has 0 spiro atoms. The quantitative estimate of drug-likeness (QED) is 0.788. The second kappa shape index (κ2) is 7.81. The van der Waals surface area contributed by atoms with E-state index in [0.29, 0.717) is 26.0 Å². The van der Waals surface area contributed by atoms with Crippen LogP contribution in [0.3, 0.4) is 0 Å². The van der Waals surface area contributed by atoms with Gasteiger partial charge in [-0.25, -0.2) is 0 Å². The molecular formula is C18H24N2O3. The molecule has 0 N–H and O–H groups in total. The minimum Gasteiger partial charge on any atom is -0.492 e. The summed E-state index contributed by atoms with van der Waals surface area (Å²) < 4.78 is 10.8. The lowest BCUT2D eigenvalue weighted by Crippen LogP contribution is -2.31. The standard InChI is InChI=1S/C18H24N2O3/c1-13-6-5-7-16(12-13)22-11-10-20(4)18(21)9-8-17-14(2)19-23-15(17)3/h5-7,12H,8-11H2,1-4H3. The number of hydrogen-bond acceptors (Lipinski definition) is 4. The normalized spacial score (nSPS) is 10.6. The Morgan fingerprint density at radius 3 is 2.74 bits per heavy atom. The van der Waals surface area contributed by atoms with E-state index >= 15 is 0 Å². The van der Waals surface area contributed by atoms with Crippen LogP contribution < -0.4 is 4.74 Å². The second-order valence-corrected chi connectivity index (χ2v) is 5.78. The van der Waals surface area contributed by atoms with E-state index in [1.807, 2.05) is 45.0 Å². The van der Waals surface area contributed by atoms with Gasteiger partial charge in [0.2, 0.25) is 5.91 Å². The van der Waals surface area contributed by atoms with Crippen molar-refractivity contribution in [3.05, 3.63) is 46.8 Å². The second-order valence-electron chi connectivity index (χ2n) is 5.78. The zero-order valence-corrected chi connectivity index (χ0v) is 14.3. The van der Waals surface area contributed by atoms with Crippen LogP contribution in [0.15, 0.2) is 28.8 Å². The number of carbonyl (C=O) groups is 1. The number of ether oxygens (including phenoxy) is 1. The van der Waals surface area contributed by atoms with Crippen LogP contribution in [0.25, 0.3) is 0 Å². The van der Waals surface area contributed by atoms with Crippen molar-refractivity contribution in [3.8, 4) is 5.75 Å². The highest BCUT2D eigenvalue weighted by atomic mass is 16.5. The van der Waals surface area contributed by atoms with Crippen molar-refractivity contribution in [1.29, 1.82) is 0 Å². The molecule has 0 unspecified atom stereocenters. The van der Waals surface area contributed by atoms with Crippen molar-refractivity contribution in [2.24, 2.45) is 0 Å². The molecule has 0 aliphatic heterocycles. The van der Waals surface area contributed by atoms with Crippen LogP contribution in [-0.2, 0) is 11.2 Å². The molecule has 1 aromatic heterocycles. The molecule has 0 bridgehead atoms. The summed E-state index contributed by atoms with van der Waals surface area (Å²) >= 11 is 0. The Morgan fingerprint density at radius 1 is 1.30 bits per heavy atom. The molecule has 0 saturated heterocycles. The van der Waals surface area contributed by atoms with Crippen LogP contribution >= 0.6 is 0 Å². The maximum absolute atomic E-state index is 12.2. The summed E-state index contributed by atoms with van der Waals surface area (Å²) in [6.45, 7) is 6.84. The van der Waals surface area contributed by atoms with Gasteiger partial charge in [-0.3, -0.25) is 4.79 Å². The molecular weight excluding hydrogens is 292 g/mol. The van der Waals surface area contributed by atoms with E-state index in [1.54, 1.807) is 11.9 Å². The van der Waals surface area contributed by atoms with Gasteiger partial charge in [0.15, 0.2) is 0 Å². The maximum atomic E-state index is 12.2. The van der Waals surface area contributed by atoms with Gasteiger partial charge in [-0.1, -0.05) is 17.3 Å². The van der Waals surface area contributed by atoms with E-state index in [2.05, 4.69) is 5.16 Å². The maximum Gasteiger partial charge on any atom is 0.222 e. The topological polar surface area (TPSA) is 55.6 Å². The summed E-state index contributed by atoms with van der Waals surface area (Å²) in [5, 5.41) is 3.91. The first-order valence-electron chi connectivity index (χ1n) is 7.82. The van der Waals surface area contributed by atoms with E-state index < -0.39 is 0 Å². The molecule has 0 radical (unpaired) electrons. The Morgan fingerprint density at radius 2 is 2.09 bits per heavy atom. The number of aromatic nitrogens is 1. The molecule has 1 aromatic carbocycles.